The first-order chi connectivity index (χ1) is 9.26. The van der Waals surface area contributed by atoms with E-state index < -0.39 is 10.0 Å². The zero-order valence-corrected chi connectivity index (χ0v) is 14.5. The lowest BCUT2D eigenvalue weighted by Crippen LogP contribution is -2.58. The van der Waals surface area contributed by atoms with Crippen LogP contribution in [0, 0.1) is 0 Å². The van der Waals surface area contributed by atoms with Gasteiger partial charge in [0.25, 0.3) is 0 Å². The average Bonchev–Trinajstić information content (AvgIpc) is 2.32. The Morgan fingerprint density at radius 1 is 1.25 bits per heavy atom. The van der Waals surface area contributed by atoms with E-state index in [-0.39, 0.29) is 10.8 Å². The molecule has 1 saturated carbocycles. The molecule has 0 aromatic heterocycles. The van der Waals surface area contributed by atoms with Crippen LogP contribution in [0.2, 0.25) is 0 Å². The van der Waals surface area contributed by atoms with E-state index in [2.05, 4.69) is 17.1 Å². The van der Waals surface area contributed by atoms with Crippen LogP contribution in [0.1, 0.15) is 39.5 Å². The molecule has 0 aliphatic heterocycles. The van der Waals surface area contributed by atoms with Crippen molar-refractivity contribution in [2.75, 3.05) is 40.8 Å². The molecule has 1 rings (SSSR count). The van der Waals surface area contributed by atoms with Crippen LogP contribution in [0.25, 0.3) is 0 Å². The van der Waals surface area contributed by atoms with E-state index in [4.69, 9.17) is 0 Å². The molecule has 0 amide bonds. The number of rotatable bonds is 9. The third-order valence-corrected chi connectivity index (χ3v) is 6.73. The molecule has 1 N–H and O–H groups in total. The van der Waals surface area contributed by atoms with Crippen LogP contribution in [0.3, 0.4) is 0 Å². The molecule has 1 aliphatic rings. The summed E-state index contributed by atoms with van der Waals surface area (Å²) in [6, 6.07) is 0. The third kappa shape index (κ3) is 3.93. The van der Waals surface area contributed by atoms with Crippen LogP contribution < -0.4 is 5.32 Å². The van der Waals surface area contributed by atoms with Crippen molar-refractivity contribution in [3.8, 4) is 0 Å². The highest BCUT2D eigenvalue weighted by atomic mass is 32.2. The van der Waals surface area contributed by atoms with E-state index in [9.17, 15) is 8.42 Å². The molecule has 1 aliphatic carbocycles. The first-order valence-corrected chi connectivity index (χ1v) is 9.10. The fourth-order valence-corrected chi connectivity index (χ4v) is 4.09. The summed E-state index contributed by atoms with van der Waals surface area (Å²) < 4.78 is 26.6. The van der Waals surface area contributed by atoms with Crippen LogP contribution >= 0.6 is 0 Å². The van der Waals surface area contributed by atoms with Gasteiger partial charge in [-0.1, -0.05) is 6.92 Å². The first kappa shape index (κ1) is 17.9. The molecular weight excluding hydrogens is 274 g/mol. The monoisotopic (exact) mass is 305 g/mol. The van der Waals surface area contributed by atoms with Gasteiger partial charge in [0.2, 0.25) is 10.0 Å². The fourth-order valence-electron chi connectivity index (χ4n) is 2.73. The zero-order valence-electron chi connectivity index (χ0n) is 13.6. The lowest BCUT2D eigenvalue weighted by atomic mass is 9.75. The molecule has 0 aromatic rings. The maximum absolute atomic E-state index is 12.5. The molecular formula is C14H31N3O2S. The summed E-state index contributed by atoms with van der Waals surface area (Å²) in [7, 11) is 2.59. The minimum absolute atomic E-state index is 0.0401. The van der Waals surface area contributed by atoms with Crippen molar-refractivity contribution in [3.63, 3.8) is 0 Å². The van der Waals surface area contributed by atoms with Gasteiger partial charge in [0.05, 0.1) is 5.25 Å². The van der Waals surface area contributed by atoms with Crippen LogP contribution in [-0.2, 0) is 10.0 Å². The fraction of sp³-hybridized carbons (Fsp3) is 1.00. The molecule has 1 fully saturated rings. The van der Waals surface area contributed by atoms with E-state index in [1.807, 2.05) is 14.1 Å². The van der Waals surface area contributed by atoms with Crippen LogP contribution in [0.15, 0.2) is 0 Å². The maximum atomic E-state index is 12.5. The minimum Gasteiger partial charge on any atom is -0.315 e. The minimum atomic E-state index is -3.22. The summed E-state index contributed by atoms with van der Waals surface area (Å²) >= 11 is 0. The second kappa shape index (κ2) is 7.20. The molecule has 0 bridgehead atoms. The van der Waals surface area contributed by atoms with Crippen molar-refractivity contribution in [1.82, 2.24) is 14.5 Å². The number of nitrogens with one attached hydrogen (secondary N) is 1. The largest absolute Gasteiger partial charge is 0.315 e. The molecule has 6 heteroatoms. The van der Waals surface area contributed by atoms with E-state index >= 15 is 0 Å². The molecule has 1 atom stereocenters. The van der Waals surface area contributed by atoms with Crippen molar-refractivity contribution < 1.29 is 8.42 Å². The van der Waals surface area contributed by atoms with Gasteiger partial charge in [0.15, 0.2) is 0 Å². The van der Waals surface area contributed by atoms with Gasteiger partial charge in [0.1, 0.15) is 0 Å². The number of likely N-dealkylation sites (N-methyl/N-ethyl adjacent to an activating group) is 2. The molecule has 1 unspecified atom stereocenters. The van der Waals surface area contributed by atoms with E-state index in [1.165, 1.54) is 6.42 Å². The maximum Gasteiger partial charge on any atom is 0.217 e. The summed E-state index contributed by atoms with van der Waals surface area (Å²) in [6.45, 7) is 5.86. The Kier molecular flexibility index (Phi) is 6.44. The number of nitrogens with zero attached hydrogens (tertiary/aromatic N) is 2. The summed E-state index contributed by atoms with van der Waals surface area (Å²) in [4.78, 5) is 2.18. The molecule has 120 valence electrons. The molecule has 0 radical (unpaired) electrons. The summed E-state index contributed by atoms with van der Waals surface area (Å²) in [6.07, 6.45) is 4.39. The molecule has 0 spiro atoms. The normalized spacial score (nSPS) is 20.1. The van der Waals surface area contributed by atoms with Crippen molar-refractivity contribution in [2.45, 2.75) is 50.3 Å². The highest BCUT2D eigenvalue weighted by Crippen LogP contribution is 2.37. The molecule has 0 aromatic carbocycles. The van der Waals surface area contributed by atoms with Crippen molar-refractivity contribution in [3.05, 3.63) is 0 Å². The smallest absolute Gasteiger partial charge is 0.217 e. The predicted octanol–water partition coefficient (Wildman–Crippen LogP) is 1.12. The molecule has 0 saturated heterocycles. The molecule has 5 nitrogen and oxygen atoms in total. The number of hydrogen-bond acceptors (Lipinski definition) is 4. The van der Waals surface area contributed by atoms with Crippen molar-refractivity contribution >= 4 is 10.0 Å². The highest BCUT2D eigenvalue weighted by Gasteiger charge is 2.42. The Morgan fingerprint density at radius 3 is 2.25 bits per heavy atom. The van der Waals surface area contributed by atoms with E-state index in [1.54, 1.807) is 18.3 Å². The van der Waals surface area contributed by atoms with Crippen LogP contribution in [-0.4, -0.2) is 69.2 Å². The van der Waals surface area contributed by atoms with E-state index in [0.29, 0.717) is 13.1 Å². The lowest BCUT2D eigenvalue weighted by molar-refractivity contribution is 0.0453. The Morgan fingerprint density at radius 2 is 1.85 bits per heavy atom. The Bertz CT molecular complexity index is 391. The standard InChI is InChI=1S/C14H31N3O2S/c1-6-10-15-11-13(2)20(18,19)17(5)12-14(16(3)4)8-7-9-14/h13,15H,6-12H2,1-5H3. The zero-order chi connectivity index (χ0) is 15.4. The molecule has 0 heterocycles. The van der Waals surface area contributed by atoms with Gasteiger partial charge in [-0.2, -0.15) is 0 Å². The highest BCUT2D eigenvalue weighted by molar-refractivity contribution is 7.89. The Balaban J connectivity index is 2.62. The summed E-state index contributed by atoms with van der Waals surface area (Å²) in [5.41, 5.74) is 0.0401. The SMILES string of the molecule is CCCNCC(C)S(=O)(=O)N(C)CC1(N(C)C)CCC1. The van der Waals surface area contributed by atoms with Crippen LogP contribution in [0.5, 0.6) is 0 Å². The van der Waals surface area contributed by atoms with E-state index in [0.717, 1.165) is 25.8 Å². The third-order valence-electron chi connectivity index (χ3n) is 4.55. The van der Waals surface area contributed by atoms with Crippen molar-refractivity contribution in [2.24, 2.45) is 0 Å². The van der Waals surface area contributed by atoms with Gasteiger partial charge in [-0.3, -0.25) is 0 Å². The lowest BCUT2D eigenvalue weighted by Gasteiger charge is -2.49. The number of sulfonamides is 1. The predicted molar refractivity (Wildman–Crippen MR) is 84.4 cm³/mol. The molecule has 20 heavy (non-hydrogen) atoms. The van der Waals surface area contributed by atoms with Gasteiger partial charge in [-0.05, 0) is 53.2 Å². The first-order valence-electron chi connectivity index (χ1n) is 7.59. The van der Waals surface area contributed by atoms with Gasteiger partial charge < -0.3 is 10.2 Å². The second-order valence-corrected chi connectivity index (χ2v) is 8.75. The Labute approximate surface area is 124 Å². The van der Waals surface area contributed by atoms with Gasteiger partial charge in [-0.15, -0.1) is 0 Å². The quantitative estimate of drug-likeness (QED) is 0.649. The summed E-state index contributed by atoms with van der Waals surface area (Å²) in [5, 5.41) is 2.82. The van der Waals surface area contributed by atoms with Crippen molar-refractivity contribution in [1.29, 1.82) is 0 Å². The van der Waals surface area contributed by atoms with Gasteiger partial charge >= 0.3 is 0 Å². The second-order valence-electron chi connectivity index (χ2n) is 6.29. The van der Waals surface area contributed by atoms with Crippen LogP contribution in [0.4, 0.5) is 0 Å². The Hall–Kier alpha value is -0.170. The summed E-state index contributed by atoms with van der Waals surface area (Å²) in [5.74, 6) is 0. The van der Waals surface area contributed by atoms with Gasteiger partial charge in [-0.25, -0.2) is 12.7 Å². The topological polar surface area (TPSA) is 52.7 Å². The average molecular weight is 305 g/mol. The number of hydrogen-bond donors (Lipinski definition) is 1. The van der Waals surface area contributed by atoms with Gasteiger partial charge in [0, 0.05) is 25.7 Å².